The van der Waals surface area contributed by atoms with E-state index in [4.69, 9.17) is 24.2 Å². The fraction of sp³-hybridized carbons (Fsp3) is 0.220. The SMILES string of the molecule is COc1ccc(C(=O)N2CCC(COc3ccc(-c4ccc(C#N)cc4)cc3)(C(=O)OCOC(=O)C3=CN(Cc4ccccc4)C=CC3)C2)cc1. The topological polar surface area (TPSA) is 118 Å². The van der Waals surface area contributed by atoms with Gasteiger partial charge in [0.05, 0.1) is 24.3 Å². The third-order valence-electron chi connectivity index (χ3n) is 8.93. The lowest BCUT2D eigenvalue weighted by Crippen LogP contribution is -2.42. The molecule has 0 aliphatic carbocycles. The summed E-state index contributed by atoms with van der Waals surface area (Å²) in [4.78, 5) is 43.7. The normalized spacial score (nSPS) is 16.5. The number of carbonyl (C=O) groups is 3. The number of hydrogen-bond donors (Lipinski definition) is 0. The van der Waals surface area contributed by atoms with Crippen LogP contribution in [0.5, 0.6) is 11.5 Å². The van der Waals surface area contributed by atoms with Gasteiger partial charge in [-0.25, -0.2) is 4.79 Å². The van der Waals surface area contributed by atoms with E-state index in [-0.39, 0.29) is 25.5 Å². The molecule has 2 aliphatic rings. The number of allylic oxidation sites excluding steroid dienone is 1. The molecule has 4 aromatic rings. The lowest BCUT2D eigenvalue weighted by Gasteiger charge is -2.27. The molecule has 1 atom stereocenters. The van der Waals surface area contributed by atoms with Crippen LogP contribution in [0.25, 0.3) is 11.1 Å². The number of nitriles is 1. The molecule has 4 aromatic carbocycles. The molecule has 0 radical (unpaired) electrons. The van der Waals surface area contributed by atoms with Crippen molar-refractivity contribution >= 4 is 17.8 Å². The smallest absolute Gasteiger partial charge is 0.338 e. The highest BCUT2D eigenvalue weighted by Crippen LogP contribution is 2.35. The molecule has 1 amide bonds. The summed E-state index contributed by atoms with van der Waals surface area (Å²) in [5, 5.41) is 9.09. The zero-order valence-corrected chi connectivity index (χ0v) is 28.2. The molecule has 1 fully saturated rings. The second-order valence-corrected chi connectivity index (χ2v) is 12.4. The third-order valence-corrected chi connectivity index (χ3v) is 8.93. The van der Waals surface area contributed by atoms with Gasteiger partial charge in [0, 0.05) is 44.0 Å². The van der Waals surface area contributed by atoms with Gasteiger partial charge >= 0.3 is 11.9 Å². The fourth-order valence-corrected chi connectivity index (χ4v) is 6.03. The maximum absolute atomic E-state index is 13.8. The van der Waals surface area contributed by atoms with Gasteiger partial charge in [0.2, 0.25) is 6.79 Å². The van der Waals surface area contributed by atoms with Gasteiger partial charge < -0.3 is 28.7 Å². The van der Waals surface area contributed by atoms with Crippen LogP contribution < -0.4 is 9.47 Å². The Balaban J connectivity index is 1.11. The molecule has 0 aromatic heterocycles. The van der Waals surface area contributed by atoms with E-state index in [1.165, 1.54) is 0 Å². The first kappa shape index (κ1) is 34.5. The number of likely N-dealkylation sites (tertiary alicyclic amines) is 1. The molecule has 258 valence electrons. The van der Waals surface area contributed by atoms with E-state index in [1.54, 1.807) is 66.7 Å². The van der Waals surface area contributed by atoms with Crippen LogP contribution in [0.1, 0.15) is 34.3 Å². The highest BCUT2D eigenvalue weighted by atomic mass is 16.7. The molecular formula is C41H37N3O7. The summed E-state index contributed by atoms with van der Waals surface area (Å²) >= 11 is 0. The van der Waals surface area contributed by atoms with Gasteiger partial charge in [-0.05, 0) is 71.6 Å². The zero-order valence-electron chi connectivity index (χ0n) is 28.2. The number of carbonyl (C=O) groups excluding carboxylic acids is 3. The molecule has 10 nitrogen and oxygen atoms in total. The van der Waals surface area contributed by atoms with Gasteiger partial charge in [-0.3, -0.25) is 9.59 Å². The lowest BCUT2D eigenvalue weighted by atomic mass is 9.88. The van der Waals surface area contributed by atoms with E-state index in [9.17, 15) is 14.4 Å². The minimum atomic E-state index is -1.21. The Kier molecular flexibility index (Phi) is 10.8. The van der Waals surface area contributed by atoms with Gasteiger partial charge in [0.15, 0.2) is 0 Å². The van der Waals surface area contributed by atoms with Crippen molar-refractivity contribution in [3.05, 3.63) is 144 Å². The number of rotatable bonds is 12. The predicted molar refractivity (Wildman–Crippen MR) is 189 cm³/mol. The molecule has 1 unspecified atom stereocenters. The van der Waals surface area contributed by atoms with Crippen molar-refractivity contribution < 1.29 is 33.3 Å². The average Bonchev–Trinajstić information content (AvgIpc) is 3.63. The minimum absolute atomic E-state index is 0.0539. The summed E-state index contributed by atoms with van der Waals surface area (Å²) in [6.07, 6.45) is 6.20. The lowest BCUT2D eigenvalue weighted by molar-refractivity contribution is -0.174. The maximum Gasteiger partial charge on any atom is 0.338 e. The maximum atomic E-state index is 13.8. The number of hydrogen-bond acceptors (Lipinski definition) is 9. The molecule has 0 N–H and O–H groups in total. The Morgan fingerprint density at radius 1 is 0.843 bits per heavy atom. The number of nitrogens with zero attached hydrogens (tertiary/aromatic N) is 3. The summed E-state index contributed by atoms with van der Waals surface area (Å²) < 4.78 is 22.3. The molecule has 2 heterocycles. The Morgan fingerprint density at radius 2 is 1.53 bits per heavy atom. The summed E-state index contributed by atoms with van der Waals surface area (Å²) in [5.41, 5.74) is 3.24. The molecule has 51 heavy (non-hydrogen) atoms. The summed E-state index contributed by atoms with van der Waals surface area (Å²) in [6.45, 7) is 0.308. The van der Waals surface area contributed by atoms with E-state index < -0.39 is 24.1 Å². The second-order valence-electron chi connectivity index (χ2n) is 12.4. The number of amides is 1. The van der Waals surface area contributed by atoms with E-state index in [0.29, 0.717) is 47.7 Å². The molecular weight excluding hydrogens is 646 g/mol. The Hall–Kier alpha value is -6.34. The molecule has 0 spiro atoms. The standard InChI is InChI=1S/C41H37N3O7/c1-48-36-17-15-34(16-18-36)38(45)44-23-21-41(27-44,28-49-37-19-13-33(14-20-37)32-11-9-30(24-42)10-12-32)40(47)51-29-50-39(46)35-8-5-22-43(26-35)25-31-6-3-2-4-7-31/h2-7,9-20,22,26H,8,21,23,25,27-29H2,1H3. The monoisotopic (exact) mass is 683 g/mol. The van der Waals surface area contributed by atoms with Gasteiger partial charge in [0.1, 0.15) is 23.5 Å². The first-order valence-electron chi connectivity index (χ1n) is 16.5. The van der Waals surface area contributed by atoms with Crippen LogP contribution in [0.3, 0.4) is 0 Å². The minimum Gasteiger partial charge on any atom is -0.497 e. The van der Waals surface area contributed by atoms with Crippen molar-refractivity contribution in [3.63, 3.8) is 0 Å². The first-order valence-corrected chi connectivity index (χ1v) is 16.5. The zero-order chi connectivity index (χ0) is 35.6. The fourth-order valence-electron chi connectivity index (χ4n) is 6.03. The Bertz CT molecular complexity index is 1950. The number of benzene rings is 4. The van der Waals surface area contributed by atoms with Crippen LogP contribution >= 0.6 is 0 Å². The van der Waals surface area contributed by atoms with Gasteiger partial charge in [-0.15, -0.1) is 0 Å². The van der Waals surface area contributed by atoms with Crippen LogP contribution in [0.2, 0.25) is 0 Å². The Labute approximate surface area is 296 Å². The van der Waals surface area contributed by atoms with Crippen molar-refractivity contribution in [1.82, 2.24) is 9.80 Å². The predicted octanol–water partition coefficient (Wildman–Crippen LogP) is 6.49. The van der Waals surface area contributed by atoms with Gasteiger partial charge in [0.25, 0.3) is 5.91 Å². The molecule has 1 saturated heterocycles. The van der Waals surface area contributed by atoms with Crippen molar-refractivity contribution in [2.75, 3.05) is 33.6 Å². The van der Waals surface area contributed by atoms with E-state index in [1.807, 2.05) is 71.8 Å². The van der Waals surface area contributed by atoms with Crippen LogP contribution in [0.15, 0.2) is 127 Å². The summed E-state index contributed by atoms with van der Waals surface area (Å²) in [7, 11) is 1.55. The number of ether oxygens (including phenoxy) is 4. The second kappa shape index (κ2) is 15.9. The highest BCUT2D eigenvalue weighted by molar-refractivity contribution is 5.95. The van der Waals surface area contributed by atoms with Crippen LogP contribution in [0.4, 0.5) is 0 Å². The van der Waals surface area contributed by atoms with Crippen molar-refractivity contribution in [2.24, 2.45) is 5.41 Å². The summed E-state index contributed by atoms with van der Waals surface area (Å²) in [6, 6.07) is 33.5. The number of esters is 2. The van der Waals surface area contributed by atoms with Crippen LogP contribution in [0, 0.1) is 16.7 Å². The van der Waals surface area contributed by atoms with Gasteiger partial charge in [-0.2, -0.15) is 5.26 Å². The number of methoxy groups -OCH3 is 1. The highest BCUT2D eigenvalue weighted by Gasteiger charge is 2.48. The largest absolute Gasteiger partial charge is 0.497 e. The van der Waals surface area contributed by atoms with Crippen molar-refractivity contribution in [1.29, 1.82) is 5.26 Å². The van der Waals surface area contributed by atoms with Gasteiger partial charge in [-0.1, -0.05) is 60.7 Å². The average molecular weight is 684 g/mol. The molecule has 2 aliphatic heterocycles. The molecule has 10 heteroatoms. The Morgan fingerprint density at radius 3 is 2.22 bits per heavy atom. The van der Waals surface area contributed by atoms with E-state index in [2.05, 4.69) is 6.07 Å². The van der Waals surface area contributed by atoms with E-state index >= 15 is 0 Å². The van der Waals surface area contributed by atoms with E-state index in [0.717, 1.165) is 16.7 Å². The van der Waals surface area contributed by atoms with Crippen LogP contribution in [-0.2, 0) is 25.6 Å². The molecule has 0 bridgehead atoms. The quantitative estimate of drug-likeness (QED) is 0.122. The van der Waals surface area contributed by atoms with Crippen molar-refractivity contribution in [3.8, 4) is 28.7 Å². The third kappa shape index (κ3) is 8.46. The first-order chi connectivity index (χ1) is 24.9. The molecule has 6 rings (SSSR count). The van der Waals surface area contributed by atoms with Crippen molar-refractivity contribution in [2.45, 2.75) is 19.4 Å². The summed E-state index contributed by atoms with van der Waals surface area (Å²) in [5.74, 6) is -0.285. The molecule has 0 saturated carbocycles. The van der Waals surface area contributed by atoms with Crippen LogP contribution in [-0.4, -0.2) is 61.2 Å².